The van der Waals surface area contributed by atoms with Crippen molar-refractivity contribution in [3.63, 3.8) is 0 Å². The van der Waals surface area contributed by atoms with Gasteiger partial charge in [0, 0.05) is 11.8 Å². The largest absolute Gasteiger partial charge is 0.573 e. The summed E-state index contributed by atoms with van der Waals surface area (Å²) in [5, 5.41) is 2.50. The summed E-state index contributed by atoms with van der Waals surface area (Å²) in [4.78, 5) is 11.8. The number of rotatable bonds is 5. The Kier molecular flexibility index (Phi) is 4.55. The number of nitrogens with one attached hydrogen (secondary N) is 1. The molecule has 2 aromatic rings. The van der Waals surface area contributed by atoms with Crippen molar-refractivity contribution < 1.29 is 36.9 Å². The van der Waals surface area contributed by atoms with E-state index >= 15 is 0 Å². The summed E-state index contributed by atoms with van der Waals surface area (Å²) in [5.41, 5.74) is 0.314. The molecule has 1 amide bonds. The Morgan fingerprint density at radius 3 is 2.44 bits per heavy atom. The van der Waals surface area contributed by atoms with Crippen LogP contribution in [0.25, 0.3) is 0 Å². The van der Waals surface area contributed by atoms with Crippen molar-refractivity contribution in [3.05, 3.63) is 42.5 Å². The molecule has 0 fully saturated rings. The Morgan fingerprint density at radius 1 is 1.04 bits per heavy atom. The maximum Gasteiger partial charge on any atom is 0.573 e. The number of benzene rings is 2. The summed E-state index contributed by atoms with van der Waals surface area (Å²) in [6, 6.07) is 9.67. The number of alkyl halides is 3. The van der Waals surface area contributed by atoms with E-state index in [-0.39, 0.29) is 19.1 Å². The van der Waals surface area contributed by atoms with E-state index in [1.165, 1.54) is 12.1 Å². The van der Waals surface area contributed by atoms with Gasteiger partial charge in [0.05, 0.1) is 0 Å². The lowest BCUT2D eigenvalue weighted by molar-refractivity contribution is -0.274. The molecule has 0 aromatic heterocycles. The maximum atomic E-state index is 12.1. The molecule has 1 aliphatic rings. The highest BCUT2D eigenvalue weighted by Gasteiger charge is 2.30. The molecule has 1 N–H and O–H groups in total. The van der Waals surface area contributed by atoms with Gasteiger partial charge in [0.2, 0.25) is 6.79 Å². The van der Waals surface area contributed by atoms with Crippen molar-refractivity contribution in [1.29, 1.82) is 0 Å². The van der Waals surface area contributed by atoms with Crippen LogP contribution >= 0.6 is 0 Å². The molecule has 9 heteroatoms. The van der Waals surface area contributed by atoms with Crippen molar-refractivity contribution in [2.75, 3.05) is 18.7 Å². The highest BCUT2D eigenvalue weighted by atomic mass is 19.4. The number of hydrogen-bond donors (Lipinski definition) is 1. The van der Waals surface area contributed by atoms with Gasteiger partial charge >= 0.3 is 6.36 Å². The zero-order valence-electron chi connectivity index (χ0n) is 12.6. The number of carbonyl (C=O) groups excluding carboxylic acids is 1. The molecular weight excluding hydrogens is 343 g/mol. The van der Waals surface area contributed by atoms with Crippen molar-refractivity contribution in [1.82, 2.24) is 0 Å². The number of halogens is 3. The number of amides is 1. The van der Waals surface area contributed by atoms with Crippen molar-refractivity contribution in [3.8, 4) is 23.0 Å². The Labute approximate surface area is 140 Å². The molecule has 0 radical (unpaired) electrons. The summed E-state index contributed by atoms with van der Waals surface area (Å²) in [6.07, 6.45) is -4.76. The molecule has 3 rings (SSSR count). The van der Waals surface area contributed by atoms with Crippen LogP contribution in [0.2, 0.25) is 0 Å². The molecule has 0 atom stereocenters. The fourth-order valence-corrected chi connectivity index (χ4v) is 2.05. The summed E-state index contributed by atoms with van der Waals surface area (Å²) in [7, 11) is 0. The first kappa shape index (κ1) is 16.7. The van der Waals surface area contributed by atoms with Crippen LogP contribution in [0.15, 0.2) is 42.5 Å². The van der Waals surface area contributed by atoms with E-state index in [0.717, 1.165) is 12.1 Å². The molecule has 2 aromatic carbocycles. The molecule has 0 aliphatic carbocycles. The van der Waals surface area contributed by atoms with Gasteiger partial charge in [0.25, 0.3) is 5.91 Å². The number of carbonyl (C=O) groups is 1. The second-order valence-corrected chi connectivity index (χ2v) is 4.92. The third-order valence-corrected chi connectivity index (χ3v) is 3.09. The molecule has 25 heavy (non-hydrogen) atoms. The van der Waals surface area contributed by atoms with Crippen LogP contribution in [0.3, 0.4) is 0 Å². The lowest BCUT2D eigenvalue weighted by Gasteiger charge is -2.10. The minimum Gasteiger partial charge on any atom is -0.484 e. The molecule has 1 aliphatic heterocycles. The molecular formula is C16H12F3NO5. The van der Waals surface area contributed by atoms with Gasteiger partial charge in [-0.3, -0.25) is 4.79 Å². The minimum absolute atomic E-state index is 0.132. The first-order valence-corrected chi connectivity index (χ1v) is 7.07. The van der Waals surface area contributed by atoms with E-state index in [4.69, 9.17) is 14.2 Å². The lowest BCUT2D eigenvalue weighted by atomic mass is 10.3. The van der Waals surface area contributed by atoms with Crippen LogP contribution in [-0.4, -0.2) is 25.7 Å². The van der Waals surface area contributed by atoms with Gasteiger partial charge in [0.15, 0.2) is 18.1 Å². The highest BCUT2D eigenvalue weighted by Crippen LogP contribution is 2.35. The molecule has 132 valence electrons. The van der Waals surface area contributed by atoms with E-state index in [0.29, 0.717) is 22.9 Å². The molecule has 0 spiro atoms. The fourth-order valence-electron chi connectivity index (χ4n) is 2.05. The second kappa shape index (κ2) is 6.80. The second-order valence-electron chi connectivity index (χ2n) is 4.92. The van der Waals surface area contributed by atoms with Crippen LogP contribution in [-0.2, 0) is 4.79 Å². The quantitative estimate of drug-likeness (QED) is 0.891. The molecule has 6 nitrogen and oxygen atoms in total. The van der Waals surface area contributed by atoms with E-state index in [9.17, 15) is 18.0 Å². The molecule has 1 heterocycles. The lowest BCUT2D eigenvalue weighted by Crippen LogP contribution is -2.20. The smallest absolute Gasteiger partial charge is 0.484 e. The van der Waals surface area contributed by atoms with E-state index in [2.05, 4.69) is 10.1 Å². The van der Waals surface area contributed by atoms with Crippen LogP contribution < -0.4 is 24.3 Å². The third-order valence-electron chi connectivity index (χ3n) is 3.09. The van der Waals surface area contributed by atoms with Gasteiger partial charge in [0.1, 0.15) is 11.5 Å². The minimum atomic E-state index is -4.76. The standard InChI is InChI=1S/C16H12F3NO5/c17-16(18,19)25-11-3-1-10(2-4-11)20-15(21)8-22-12-5-6-13-14(7-12)24-9-23-13/h1-7H,8-9H2,(H,20,21). The van der Waals surface area contributed by atoms with Crippen molar-refractivity contribution in [2.24, 2.45) is 0 Å². The summed E-state index contributed by atoms with van der Waals surface area (Å²) < 4.78 is 55.6. The monoisotopic (exact) mass is 355 g/mol. The van der Waals surface area contributed by atoms with Crippen LogP contribution in [0.1, 0.15) is 0 Å². The summed E-state index contributed by atoms with van der Waals surface area (Å²) in [6.45, 7) is -0.145. The Morgan fingerprint density at radius 2 is 1.72 bits per heavy atom. The zero-order valence-corrected chi connectivity index (χ0v) is 12.6. The van der Waals surface area contributed by atoms with Crippen LogP contribution in [0.4, 0.5) is 18.9 Å². The topological polar surface area (TPSA) is 66.0 Å². The molecule has 0 saturated heterocycles. The van der Waals surface area contributed by atoms with E-state index in [1.807, 2.05) is 0 Å². The first-order chi connectivity index (χ1) is 11.9. The molecule has 0 bridgehead atoms. The molecule has 0 unspecified atom stereocenters. The normalized spacial score (nSPS) is 12.6. The average molecular weight is 355 g/mol. The first-order valence-electron chi connectivity index (χ1n) is 7.07. The van der Waals surface area contributed by atoms with Crippen LogP contribution in [0.5, 0.6) is 23.0 Å². The predicted molar refractivity (Wildman–Crippen MR) is 79.8 cm³/mol. The van der Waals surface area contributed by atoms with Gasteiger partial charge in [-0.2, -0.15) is 0 Å². The van der Waals surface area contributed by atoms with Crippen molar-refractivity contribution in [2.45, 2.75) is 6.36 Å². The van der Waals surface area contributed by atoms with E-state index in [1.54, 1.807) is 18.2 Å². The zero-order chi connectivity index (χ0) is 17.9. The number of anilines is 1. The predicted octanol–water partition coefficient (Wildman–Crippen LogP) is 3.33. The summed E-state index contributed by atoms with van der Waals surface area (Å²) >= 11 is 0. The van der Waals surface area contributed by atoms with Gasteiger partial charge < -0.3 is 24.3 Å². The SMILES string of the molecule is O=C(COc1ccc2c(c1)OCO2)Nc1ccc(OC(F)(F)F)cc1. The van der Waals surface area contributed by atoms with Crippen LogP contribution in [0, 0.1) is 0 Å². The van der Waals surface area contributed by atoms with Gasteiger partial charge in [-0.15, -0.1) is 13.2 Å². The maximum absolute atomic E-state index is 12.1. The third kappa shape index (κ3) is 4.69. The number of fused-ring (bicyclic) bond motifs is 1. The molecule has 0 saturated carbocycles. The Balaban J connectivity index is 1.50. The highest BCUT2D eigenvalue weighted by molar-refractivity contribution is 5.91. The van der Waals surface area contributed by atoms with Gasteiger partial charge in [-0.05, 0) is 36.4 Å². The van der Waals surface area contributed by atoms with E-state index < -0.39 is 12.3 Å². The fraction of sp³-hybridized carbons (Fsp3) is 0.188. The van der Waals surface area contributed by atoms with Gasteiger partial charge in [-0.25, -0.2) is 0 Å². The Bertz CT molecular complexity index is 761. The van der Waals surface area contributed by atoms with Crippen molar-refractivity contribution >= 4 is 11.6 Å². The summed E-state index contributed by atoms with van der Waals surface area (Å²) in [5.74, 6) is 0.703. The number of ether oxygens (including phenoxy) is 4. The van der Waals surface area contributed by atoms with Gasteiger partial charge in [-0.1, -0.05) is 0 Å². The Hall–Kier alpha value is -3.10. The average Bonchev–Trinajstić information content (AvgIpc) is 3.01. The number of hydrogen-bond acceptors (Lipinski definition) is 5.